The highest BCUT2D eigenvalue weighted by Gasteiger charge is 2.14. The molecular weight excluding hydrogens is 302 g/mol. The number of halogens is 1. The minimum Gasteiger partial charge on any atom is -0.497 e. The molecule has 98 valence electrons. The smallest absolute Gasteiger partial charge is 0.323 e. The van der Waals surface area contributed by atoms with E-state index in [0.717, 1.165) is 10.0 Å². The largest absolute Gasteiger partial charge is 0.497 e. The summed E-state index contributed by atoms with van der Waals surface area (Å²) in [5.41, 5.74) is 0.761. The Balaban J connectivity index is 2.77. The maximum Gasteiger partial charge on any atom is 0.323 e. The Kier molecular flexibility index (Phi) is 5.15. The van der Waals surface area contributed by atoms with Crippen molar-refractivity contribution < 1.29 is 19.4 Å². The van der Waals surface area contributed by atoms with E-state index >= 15 is 0 Å². The Morgan fingerprint density at radius 1 is 1.44 bits per heavy atom. The van der Waals surface area contributed by atoms with Gasteiger partial charge in [-0.15, -0.1) is 0 Å². The van der Waals surface area contributed by atoms with Gasteiger partial charge in [-0.1, -0.05) is 15.9 Å². The molecule has 1 amide bonds. The average Bonchev–Trinajstić information content (AvgIpc) is 2.31. The fourth-order valence-electron chi connectivity index (χ4n) is 1.40. The molecule has 0 heterocycles. The highest BCUT2D eigenvalue weighted by atomic mass is 79.9. The second-order valence-corrected chi connectivity index (χ2v) is 4.63. The average molecular weight is 316 g/mol. The molecule has 0 aliphatic rings. The predicted octanol–water partition coefficient (Wildman–Crippen LogP) is 1.54. The van der Waals surface area contributed by atoms with Crippen LogP contribution in [-0.4, -0.2) is 42.6 Å². The molecule has 5 nitrogen and oxygen atoms in total. The van der Waals surface area contributed by atoms with Crippen molar-refractivity contribution in [3.8, 4) is 5.75 Å². The van der Waals surface area contributed by atoms with Gasteiger partial charge in [-0.3, -0.25) is 9.59 Å². The maximum absolute atomic E-state index is 11.8. The minimum atomic E-state index is -1.03. The predicted molar refractivity (Wildman–Crippen MR) is 69.7 cm³/mol. The van der Waals surface area contributed by atoms with Gasteiger partial charge < -0.3 is 14.7 Å². The van der Waals surface area contributed by atoms with Gasteiger partial charge >= 0.3 is 5.97 Å². The molecule has 6 heteroatoms. The van der Waals surface area contributed by atoms with E-state index in [2.05, 4.69) is 15.9 Å². The van der Waals surface area contributed by atoms with E-state index in [1.807, 2.05) is 0 Å². The van der Waals surface area contributed by atoms with Gasteiger partial charge in [-0.25, -0.2) is 0 Å². The zero-order valence-corrected chi connectivity index (χ0v) is 11.7. The van der Waals surface area contributed by atoms with Gasteiger partial charge in [0.05, 0.1) is 13.5 Å². The molecule has 18 heavy (non-hydrogen) atoms. The number of nitrogens with zero attached hydrogens (tertiary/aromatic N) is 1. The minimum absolute atomic E-state index is 0.127. The molecule has 0 aliphatic heterocycles. The van der Waals surface area contributed by atoms with Crippen molar-refractivity contribution in [1.29, 1.82) is 0 Å². The quantitative estimate of drug-likeness (QED) is 0.895. The van der Waals surface area contributed by atoms with Crippen molar-refractivity contribution >= 4 is 27.8 Å². The first kappa shape index (κ1) is 14.5. The number of likely N-dealkylation sites (N-methyl/N-ethyl adjacent to an activating group) is 1. The number of ether oxygens (including phenoxy) is 1. The van der Waals surface area contributed by atoms with E-state index in [-0.39, 0.29) is 18.9 Å². The number of hydrogen-bond donors (Lipinski definition) is 1. The summed E-state index contributed by atoms with van der Waals surface area (Å²) in [6.45, 7) is -0.305. The van der Waals surface area contributed by atoms with Crippen LogP contribution in [0.1, 0.15) is 5.56 Å². The van der Waals surface area contributed by atoms with Crippen LogP contribution in [0.4, 0.5) is 0 Å². The molecule has 0 bridgehead atoms. The van der Waals surface area contributed by atoms with Crippen LogP contribution in [-0.2, 0) is 16.0 Å². The number of hydrogen-bond acceptors (Lipinski definition) is 3. The molecule has 0 radical (unpaired) electrons. The summed E-state index contributed by atoms with van der Waals surface area (Å²) >= 11 is 3.35. The summed E-state index contributed by atoms with van der Waals surface area (Å²) in [5, 5.41) is 8.61. The molecule has 1 N–H and O–H groups in total. The third-order valence-electron chi connectivity index (χ3n) is 2.39. The number of rotatable bonds is 5. The molecule has 1 aromatic rings. The Morgan fingerprint density at radius 3 is 2.67 bits per heavy atom. The molecule has 0 spiro atoms. The highest BCUT2D eigenvalue weighted by Crippen LogP contribution is 2.23. The monoisotopic (exact) mass is 315 g/mol. The molecule has 0 aliphatic carbocycles. The SMILES string of the molecule is COc1ccc(Br)c(CC(=O)N(C)CC(=O)O)c1. The Hall–Kier alpha value is -1.56. The number of aliphatic carboxylic acids is 1. The number of amides is 1. The first-order chi connectivity index (χ1) is 8.43. The fourth-order valence-corrected chi connectivity index (χ4v) is 1.79. The van der Waals surface area contributed by atoms with E-state index in [1.54, 1.807) is 25.3 Å². The van der Waals surface area contributed by atoms with E-state index < -0.39 is 5.97 Å². The third kappa shape index (κ3) is 4.03. The molecular formula is C12H14BrNO4. The maximum atomic E-state index is 11.8. The molecule has 0 aromatic heterocycles. The van der Waals surface area contributed by atoms with Gasteiger partial charge in [0.25, 0.3) is 0 Å². The number of carboxylic acids is 1. The molecule has 0 unspecified atom stereocenters. The normalized spacial score (nSPS) is 9.94. The number of methoxy groups -OCH3 is 1. The molecule has 0 saturated heterocycles. The lowest BCUT2D eigenvalue weighted by atomic mass is 10.1. The number of benzene rings is 1. The van der Waals surface area contributed by atoms with Crippen LogP contribution in [0.3, 0.4) is 0 Å². The van der Waals surface area contributed by atoms with Gasteiger partial charge in [-0.05, 0) is 23.8 Å². The zero-order chi connectivity index (χ0) is 13.7. The molecule has 1 aromatic carbocycles. The molecule has 0 saturated carbocycles. The van der Waals surface area contributed by atoms with Crippen LogP contribution in [0.15, 0.2) is 22.7 Å². The first-order valence-corrected chi connectivity index (χ1v) is 6.01. The van der Waals surface area contributed by atoms with Crippen molar-refractivity contribution in [2.45, 2.75) is 6.42 Å². The van der Waals surface area contributed by atoms with Crippen LogP contribution in [0.25, 0.3) is 0 Å². The second kappa shape index (κ2) is 6.39. The van der Waals surface area contributed by atoms with Gasteiger partial charge in [0.15, 0.2) is 0 Å². The zero-order valence-electron chi connectivity index (χ0n) is 10.1. The number of carbonyl (C=O) groups is 2. The number of carbonyl (C=O) groups excluding carboxylic acids is 1. The van der Waals surface area contributed by atoms with E-state index in [9.17, 15) is 9.59 Å². The van der Waals surface area contributed by atoms with E-state index in [1.165, 1.54) is 11.9 Å². The van der Waals surface area contributed by atoms with Crippen molar-refractivity contribution in [3.63, 3.8) is 0 Å². The molecule has 1 rings (SSSR count). The van der Waals surface area contributed by atoms with Gasteiger partial charge in [0.1, 0.15) is 12.3 Å². The van der Waals surface area contributed by atoms with Crippen molar-refractivity contribution in [1.82, 2.24) is 4.90 Å². The summed E-state index contributed by atoms with van der Waals surface area (Å²) in [4.78, 5) is 23.5. The van der Waals surface area contributed by atoms with Crippen LogP contribution < -0.4 is 4.74 Å². The Labute approximate surface area is 113 Å². The summed E-state index contributed by atoms with van der Waals surface area (Å²) < 4.78 is 5.87. The second-order valence-electron chi connectivity index (χ2n) is 3.78. The fraction of sp³-hybridized carbons (Fsp3) is 0.333. The summed E-state index contributed by atoms with van der Waals surface area (Å²) in [7, 11) is 3.01. The van der Waals surface area contributed by atoms with E-state index in [0.29, 0.717) is 5.75 Å². The molecule has 0 atom stereocenters. The van der Waals surface area contributed by atoms with E-state index in [4.69, 9.17) is 9.84 Å². The lowest BCUT2D eigenvalue weighted by molar-refractivity contribution is -0.143. The van der Waals surface area contributed by atoms with Gasteiger partial charge in [-0.2, -0.15) is 0 Å². The lowest BCUT2D eigenvalue weighted by Crippen LogP contribution is -2.33. The standard InChI is InChI=1S/C12H14BrNO4/c1-14(7-12(16)17)11(15)6-8-5-9(18-2)3-4-10(8)13/h3-5H,6-7H2,1-2H3,(H,16,17). The van der Waals surface area contributed by atoms with Gasteiger partial charge in [0.2, 0.25) is 5.91 Å². The van der Waals surface area contributed by atoms with Crippen LogP contribution in [0, 0.1) is 0 Å². The highest BCUT2D eigenvalue weighted by molar-refractivity contribution is 9.10. The van der Waals surface area contributed by atoms with Gasteiger partial charge in [0, 0.05) is 11.5 Å². The van der Waals surface area contributed by atoms with Crippen molar-refractivity contribution in [3.05, 3.63) is 28.2 Å². The van der Waals surface area contributed by atoms with Crippen LogP contribution in [0.5, 0.6) is 5.75 Å². The Morgan fingerprint density at radius 2 is 2.11 bits per heavy atom. The lowest BCUT2D eigenvalue weighted by Gasteiger charge is -2.15. The Bertz CT molecular complexity index is 461. The summed E-state index contributed by atoms with van der Waals surface area (Å²) in [6.07, 6.45) is 0.127. The molecule has 0 fully saturated rings. The first-order valence-electron chi connectivity index (χ1n) is 5.22. The number of carboxylic acid groups (broad SMARTS) is 1. The summed E-state index contributed by atoms with van der Waals surface area (Å²) in [6, 6.07) is 5.31. The van der Waals surface area contributed by atoms with Crippen LogP contribution in [0.2, 0.25) is 0 Å². The third-order valence-corrected chi connectivity index (χ3v) is 3.17. The van der Waals surface area contributed by atoms with Crippen molar-refractivity contribution in [2.24, 2.45) is 0 Å². The van der Waals surface area contributed by atoms with Crippen LogP contribution >= 0.6 is 15.9 Å². The van der Waals surface area contributed by atoms with Crippen molar-refractivity contribution in [2.75, 3.05) is 20.7 Å². The topological polar surface area (TPSA) is 66.8 Å². The summed E-state index contributed by atoms with van der Waals surface area (Å²) in [5.74, 6) is -0.635.